The highest BCUT2D eigenvalue weighted by molar-refractivity contribution is 5.68. The van der Waals surface area contributed by atoms with E-state index < -0.39 is 5.60 Å². The van der Waals surface area contributed by atoms with E-state index in [1.165, 1.54) is 32.1 Å². The van der Waals surface area contributed by atoms with Crippen LogP contribution in [-0.4, -0.2) is 54.5 Å². The van der Waals surface area contributed by atoms with Crippen LogP contribution in [0.5, 0.6) is 0 Å². The molecule has 5 nitrogen and oxygen atoms in total. The molecule has 0 radical (unpaired) electrons. The van der Waals surface area contributed by atoms with Crippen molar-refractivity contribution >= 4 is 6.09 Å². The largest absolute Gasteiger partial charge is 0.444 e. The molecule has 0 aromatic rings. The Morgan fingerprint density at radius 3 is 2.78 bits per heavy atom. The second-order valence-corrected chi connectivity index (χ2v) is 8.46. The van der Waals surface area contributed by atoms with Crippen molar-refractivity contribution in [3.63, 3.8) is 0 Å². The molecule has 2 saturated heterocycles. The van der Waals surface area contributed by atoms with Crippen molar-refractivity contribution in [1.82, 2.24) is 10.2 Å². The molecule has 0 bridgehead atoms. The number of hydrogen-bond donors (Lipinski definition) is 1. The highest BCUT2D eigenvalue weighted by Crippen LogP contribution is 2.37. The molecule has 2 unspecified atom stereocenters. The predicted octanol–water partition coefficient (Wildman–Crippen LogP) is 2.93. The molecule has 3 aliphatic rings. The molecule has 3 rings (SSSR count). The van der Waals surface area contributed by atoms with Crippen LogP contribution < -0.4 is 5.32 Å². The summed E-state index contributed by atoms with van der Waals surface area (Å²) >= 11 is 0. The first-order valence-electron chi connectivity index (χ1n) is 9.23. The fourth-order valence-electron chi connectivity index (χ4n) is 4.34. The van der Waals surface area contributed by atoms with Crippen LogP contribution in [0.25, 0.3) is 0 Å². The maximum Gasteiger partial charge on any atom is 0.410 e. The summed E-state index contributed by atoms with van der Waals surface area (Å²) in [5, 5.41) is 3.68. The van der Waals surface area contributed by atoms with Gasteiger partial charge in [0, 0.05) is 19.1 Å². The van der Waals surface area contributed by atoms with Crippen molar-refractivity contribution in [3.8, 4) is 0 Å². The summed E-state index contributed by atoms with van der Waals surface area (Å²) in [6.07, 6.45) is 7.33. The first-order valence-corrected chi connectivity index (χ1v) is 9.23. The Kier molecular flexibility index (Phi) is 4.88. The molecule has 3 fully saturated rings. The number of nitrogens with zero attached hydrogens (tertiary/aromatic N) is 1. The molecular weight excluding hydrogens is 292 g/mol. The minimum absolute atomic E-state index is 0.205. The first kappa shape index (κ1) is 17.0. The van der Waals surface area contributed by atoms with Gasteiger partial charge in [-0.15, -0.1) is 0 Å². The van der Waals surface area contributed by atoms with E-state index in [2.05, 4.69) is 5.32 Å². The molecule has 2 heterocycles. The molecular formula is C18H32N2O3. The average Bonchev–Trinajstić information content (AvgIpc) is 3.10. The van der Waals surface area contributed by atoms with Crippen LogP contribution in [0.15, 0.2) is 0 Å². The molecule has 132 valence electrons. The lowest BCUT2D eigenvalue weighted by Crippen LogP contribution is -2.60. The molecule has 23 heavy (non-hydrogen) atoms. The first-order chi connectivity index (χ1) is 10.9. The number of carbonyl (C=O) groups excluding carboxylic acids is 1. The Hall–Kier alpha value is -0.810. The molecule has 0 aromatic heterocycles. The molecule has 1 aliphatic carbocycles. The molecule has 1 amide bonds. The maximum absolute atomic E-state index is 12.4. The minimum Gasteiger partial charge on any atom is -0.444 e. The van der Waals surface area contributed by atoms with E-state index in [1.807, 2.05) is 25.7 Å². The van der Waals surface area contributed by atoms with Gasteiger partial charge in [-0.25, -0.2) is 4.79 Å². The topological polar surface area (TPSA) is 50.8 Å². The SMILES string of the molecule is CC(C)(C)OC(=O)N1CCC2(C1)OCCNC2CC1CCCC1. The predicted molar refractivity (Wildman–Crippen MR) is 89.5 cm³/mol. The fraction of sp³-hybridized carbons (Fsp3) is 0.944. The third-order valence-electron chi connectivity index (χ3n) is 5.48. The highest BCUT2D eigenvalue weighted by Gasteiger charge is 2.49. The molecule has 1 saturated carbocycles. The van der Waals surface area contributed by atoms with Crippen molar-refractivity contribution in [2.75, 3.05) is 26.2 Å². The van der Waals surface area contributed by atoms with Gasteiger partial charge in [-0.2, -0.15) is 0 Å². The van der Waals surface area contributed by atoms with Crippen molar-refractivity contribution < 1.29 is 14.3 Å². The van der Waals surface area contributed by atoms with Gasteiger partial charge in [-0.05, 0) is 39.5 Å². The number of nitrogens with one attached hydrogen (secondary N) is 1. The van der Waals surface area contributed by atoms with E-state index in [4.69, 9.17) is 9.47 Å². The third-order valence-corrected chi connectivity index (χ3v) is 5.48. The quantitative estimate of drug-likeness (QED) is 0.848. The maximum atomic E-state index is 12.4. The number of amides is 1. The Labute approximate surface area is 140 Å². The van der Waals surface area contributed by atoms with E-state index in [1.54, 1.807) is 0 Å². The van der Waals surface area contributed by atoms with Crippen molar-refractivity contribution in [2.24, 2.45) is 5.92 Å². The van der Waals surface area contributed by atoms with Crippen LogP contribution in [0.4, 0.5) is 4.79 Å². The third kappa shape index (κ3) is 4.00. The highest BCUT2D eigenvalue weighted by atomic mass is 16.6. The molecule has 2 atom stereocenters. The van der Waals surface area contributed by atoms with Crippen LogP contribution in [0.3, 0.4) is 0 Å². The van der Waals surface area contributed by atoms with Gasteiger partial charge in [0.15, 0.2) is 0 Å². The lowest BCUT2D eigenvalue weighted by Gasteiger charge is -2.43. The zero-order valence-corrected chi connectivity index (χ0v) is 14.9. The number of likely N-dealkylation sites (tertiary alicyclic amines) is 1. The van der Waals surface area contributed by atoms with Crippen LogP contribution >= 0.6 is 0 Å². The zero-order valence-electron chi connectivity index (χ0n) is 14.9. The summed E-state index contributed by atoms with van der Waals surface area (Å²) in [6, 6.07) is 0.367. The van der Waals surface area contributed by atoms with E-state index >= 15 is 0 Å². The summed E-state index contributed by atoms with van der Waals surface area (Å²) < 4.78 is 11.8. The number of hydrogen-bond acceptors (Lipinski definition) is 4. The molecule has 5 heteroatoms. The number of ether oxygens (including phenoxy) is 2. The standard InChI is InChI=1S/C18H32N2O3/c1-17(2,3)23-16(21)20-10-8-18(13-20)15(19-9-11-22-18)12-14-6-4-5-7-14/h14-15,19H,4-13H2,1-3H3. The van der Waals surface area contributed by atoms with Gasteiger partial charge in [0.25, 0.3) is 0 Å². The van der Waals surface area contributed by atoms with E-state index in [9.17, 15) is 4.79 Å². The summed E-state index contributed by atoms with van der Waals surface area (Å²) in [6.45, 7) is 8.80. The number of morpholine rings is 1. The number of rotatable bonds is 2. The van der Waals surface area contributed by atoms with Crippen molar-refractivity contribution in [2.45, 2.75) is 76.5 Å². The van der Waals surface area contributed by atoms with Gasteiger partial charge in [0.05, 0.1) is 13.2 Å². The summed E-state index contributed by atoms with van der Waals surface area (Å²) in [4.78, 5) is 14.2. The lowest BCUT2D eigenvalue weighted by molar-refractivity contribution is -0.0933. The second-order valence-electron chi connectivity index (χ2n) is 8.46. The molecule has 1 N–H and O–H groups in total. The summed E-state index contributed by atoms with van der Waals surface area (Å²) in [5.74, 6) is 0.821. The molecule has 1 spiro atoms. The van der Waals surface area contributed by atoms with Gasteiger partial charge >= 0.3 is 6.09 Å². The fourth-order valence-corrected chi connectivity index (χ4v) is 4.34. The number of carbonyl (C=O) groups is 1. The summed E-state index contributed by atoms with van der Waals surface area (Å²) in [7, 11) is 0. The molecule has 0 aromatic carbocycles. The Bertz CT molecular complexity index is 428. The van der Waals surface area contributed by atoms with Crippen LogP contribution in [-0.2, 0) is 9.47 Å². The zero-order chi connectivity index (χ0) is 16.5. The van der Waals surface area contributed by atoms with Crippen LogP contribution in [0.2, 0.25) is 0 Å². The van der Waals surface area contributed by atoms with Gasteiger partial charge in [-0.3, -0.25) is 0 Å². The Balaban J connectivity index is 1.63. The Morgan fingerprint density at radius 1 is 1.35 bits per heavy atom. The van der Waals surface area contributed by atoms with Gasteiger partial charge in [-0.1, -0.05) is 25.7 Å². The van der Waals surface area contributed by atoms with Gasteiger partial charge < -0.3 is 19.7 Å². The lowest BCUT2D eigenvalue weighted by atomic mass is 9.84. The molecule has 2 aliphatic heterocycles. The minimum atomic E-state index is -0.443. The van der Waals surface area contributed by atoms with Crippen LogP contribution in [0, 0.1) is 5.92 Å². The smallest absolute Gasteiger partial charge is 0.410 e. The average molecular weight is 324 g/mol. The van der Waals surface area contributed by atoms with Crippen molar-refractivity contribution in [1.29, 1.82) is 0 Å². The van der Waals surface area contributed by atoms with E-state index in [0.29, 0.717) is 12.6 Å². The van der Waals surface area contributed by atoms with Crippen LogP contribution in [0.1, 0.15) is 59.3 Å². The van der Waals surface area contributed by atoms with E-state index in [0.717, 1.165) is 32.0 Å². The van der Waals surface area contributed by atoms with Crippen molar-refractivity contribution in [3.05, 3.63) is 0 Å². The van der Waals surface area contributed by atoms with Gasteiger partial charge in [0.2, 0.25) is 0 Å². The monoisotopic (exact) mass is 324 g/mol. The Morgan fingerprint density at radius 2 is 2.09 bits per heavy atom. The second kappa shape index (κ2) is 6.60. The van der Waals surface area contributed by atoms with E-state index in [-0.39, 0.29) is 11.7 Å². The summed E-state index contributed by atoms with van der Waals surface area (Å²) in [5.41, 5.74) is -0.653. The normalized spacial score (nSPS) is 32.7. The van der Waals surface area contributed by atoms with Gasteiger partial charge in [0.1, 0.15) is 11.2 Å².